The molecule has 2 aromatic rings. The van der Waals surface area contributed by atoms with Crippen LogP contribution in [-0.4, -0.2) is 12.2 Å². The van der Waals surface area contributed by atoms with Crippen molar-refractivity contribution in [3.05, 3.63) is 51.5 Å². The molecule has 0 heterocycles. The monoisotopic (exact) mass is 288 g/mol. The molecule has 104 valence electrons. The van der Waals surface area contributed by atoms with E-state index in [0.717, 1.165) is 0 Å². The Morgan fingerprint density at radius 2 is 1.60 bits per heavy atom. The first-order valence-electron chi connectivity index (χ1n) is 5.12. The molecule has 0 N–H and O–H groups in total. The fraction of sp³-hybridized carbons (Fsp3) is 0. The minimum atomic E-state index is -6.00. The average Bonchev–Trinajstić information content (AvgIpc) is 2.35. The van der Waals surface area contributed by atoms with Crippen LogP contribution in [0.15, 0.2) is 36.4 Å². The maximum absolute atomic E-state index is 10.7. The number of diazo groups is 1. The van der Waals surface area contributed by atoms with E-state index in [4.69, 9.17) is 5.39 Å². The van der Waals surface area contributed by atoms with Crippen LogP contribution in [0, 0.1) is 15.5 Å². The minimum absolute atomic E-state index is 0. The first kappa shape index (κ1) is 15.4. The van der Waals surface area contributed by atoms with Crippen molar-refractivity contribution in [1.82, 2.24) is 0 Å². The Kier molecular flexibility index (Phi) is 4.58. The van der Waals surface area contributed by atoms with Crippen LogP contribution < -0.4 is 0 Å². The number of fused-ring (bicyclic) bond motifs is 1. The third kappa shape index (κ3) is 4.20. The second-order valence-corrected chi connectivity index (χ2v) is 3.50. The summed E-state index contributed by atoms with van der Waals surface area (Å²) in [5.74, 6) is 0. The van der Waals surface area contributed by atoms with Crippen LogP contribution in [0.1, 0.15) is 1.43 Å². The van der Waals surface area contributed by atoms with Gasteiger partial charge in [0.2, 0.25) is 5.39 Å². The Morgan fingerprint density at radius 3 is 2.05 bits per heavy atom. The lowest BCUT2D eigenvalue weighted by atomic mass is 10.1. The van der Waals surface area contributed by atoms with Crippen molar-refractivity contribution in [2.45, 2.75) is 0 Å². The summed E-state index contributed by atoms with van der Waals surface area (Å²) in [6.07, 6.45) is 0. The molecule has 0 aliphatic rings. The molecular formula is C10H7BF4N3O2+. The van der Waals surface area contributed by atoms with Crippen LogP contribution in [-0.2, 0) is 0 Å². The van der Waals surface area contributed by atoms with Gasteiger partial charge in [-0.1, -0.05) is 12.1 Å². The predicted octanol–water partition coefficient (Wildman–Crippen LogP) is 4.65. The molecule has 0 atom stereocenters. The van der Waals surface area contributed by atoms with Gasteiger partial charge in [0.05, 0.1) is 15.7 Å². The van der Waals surface area contributed by atoms with Crippen LogP contribution in [0.4, 0.5) is 28.6 Å². The zero-order chi connectivity index (χ0) is 15.3. The van der Waals surface area contributed by atoms with Gasteiger partial charge in [0.15, 0.2) is 4.98 Å². The summed E-state index contributed by atoms with van der Waals surface area (Å²) in [6, 6.07) is 9.49. The number of hydrogen-bond donors (Lipinski definition) is 0. The topological polar surface area (TPSA) is 71.3 Å². The fourth-order valence-electron chi connectivity index (χ4n) is 1.51. The van der Waals surface area contributed by atoms with Crippen molar-refractivity contribution in [3.63, 3.8) is 0 Å². The Hall–Kier alpha value is -2.70. The molecule has 0 spiro atoms. The van der Waals surface area contributed by atoms with E-state index in [1.54, 1.807) is 24.3 Å². The van der Waals surface area contributed by atoms with Crippen LogP contribution >= 0.6 is 0 Å². The van der Waals surface area contributed by atoms with E-state index in [1.807, 2.05) is 0 Å². The van der Waals surface area contributed by atoms with Gasteiger partial charge < -0.3 is 17.3 Å². The summed E-state index contributed by atoms with van der Waals surface area (Å²) in [5.41, 5.74) is 0.342. The maximum Gasteiger partial charge on any atom is 1.00 e. The first-order valence-corrected chi connectivity index (χ1v) is 5.12. The second-order valence-electron chi connectivity index (χ2n) is 3.50. The third-order valence-electron chi connectivity index (χ3n) is 2.18. The lowest BCUT2D eigenvalue weighted by molar-refractivity contribution is -0.383. The Morgan fingerprint density at radius 1 is 1.10 bits per heavy atom. The predicted molar refractivity (Wildman–Crippen MR) is 66.6 cm³/mol. The second kappa shape index (κ2) is 5.96. The van der Waals surface area contributed by atoms with Crippen molar-refractivity contribution in [3.8, 4) is 0 Å². The normalized spacial score (nSPS) is 10.3. The van der Waals surface area contributed by atoms with Crippen LogP contribution in [0.25, 0.3) is 15.7 Å². The average molecular weight is 288 g/mol. The summed E-state index contributed by atoms with van der Waals surface area (Å²) in [6.45, 7) is 0. The SMILES string of the molecule is F[B-](F)(F)F.N#[N+]c1ccc([N+](=O)[O-])c2ccccc12.[H+]. The maximum atomic E-state index is 10.7. The highest BCUT2D eigenvalue weighted by atomic mass is 19.5. The van der Waals surface area contributed by atoms with Crippen molar-refractivity contribution in [1.29, 1.82) is 5.39 Å². The minimum Gasteiger partial charge on any atom is -0.418 e. The highest BCUT2D eigenvalue weighted by Crippen LogP contribution is 2.32. The van der Waals surface area contributed by atoms with Gasteiger partial charge in [-0.2, -0.15) is 0 Å². The molecule has 2 aromatic carbocycles. The smallest absolute Gasteiger partial charge is 0.418 e. The van der Waals surface area contributed by atoms with Gasteiger partial charge in [0.1, 0.15) is 0 Å². The van der Waals surface area contributed by atoms with Crippen molar-refractivity contribution in [2.24, 2.45) is 0 Å². The third-order valence-corrected chi connectivity index (χ3v) is 2.18. The lowest BCUT2D eigenvalue weighted by Gasteiger charge is -1.95. The molecule has 0 aromatic heterocycles. The van der Waals surface area contributed by atoms with Gasteiger partial charge in [-0.15, -0.1) is 0 Å². The summed E-state index contributed by atoms with van der Waals surface area (Å²) in [4.78, 5) is 13.3. The van der Waals surface area contributed by atoms with E-state index in [9.17, 15) is 27.4 Å². The van der Waals surface area contributed by atoms with Gasteiger partial charge >= 0.3 is 14.4 Å². The first-order chi connectivity index (χ1) is 9.24. The number of halogens is 4. The Balaban J connectivity index is 0.000000583. The van der Waals surface area contributed by atoms with Gasteiger partial charge in [-0.25, -0.2) is 0 Å². The Labute approximate surface area is 111 Å². The van der Waals surface area contributed by atoms with E-state index in [2.05, 4.69) is 4.98 Å². The van der Waals surface area contributed by atoms with Crippen molar-refractivity contribution >= 4 is 29.4 Å². The van der Waals surface area contributed by atoms with Gasteiger partial charge in [-0.05, 0) is 12.1 Å². The molecule has 0 amide bonds. The molecular weight excluding hydrogens is 281 g/mol. The molecule has 0 unspecified atom stereocenters. The lowest BCUT2D eigenvalue weighted by Crippen LogP contribution is -2.02. The van der Waals surface area contributed by atoms with Crippen LogP contribution in [0.5, 0.6) is 0 Å². The molecule has 20 heavy (non-hydrogen) atoms. The molecule has 0 saturated carbocycles. The van der Waals surface area contributed by atoms with Crippen LogP contribution in [0.3, 0.4) is 0 Å². The molecule has 0 aliphatic carbocycles. The summed E-state index contributed by atoms with van der Waals surface area (Å²) < 4.78 is 39.0. The molecule has 0 fully saturated rings. The fourth-order valence-corrected chi connectivity index (χ4v) is 1.51. The molecule has 2 rings (SSSR count). The summed E-state index contributed by atoms with van der Waals surface area (Å²) in [7, 11) is -6.00. The summed E-state index contributed by atoms with van der Waals surface area (Å²) >= 11 is 0. The van der Waals surface area contributed by atoms with Crippen molar-refractivity contribution in [2.75, 3.05) is 0 Å². The van der Waals surface area contributed by atoms with E-state index < -0.39 is 12.2 Å². The van der Waals surface area contributed by atoms with Gasteiger partial charge in [0, 0.05) is 12.1 Å². The number of hydrogen-bond acceptors (Lipinski definition) is 3. The number of nitrogens with zero attached hydrogens (tertiary/aromatic N) is 3. The van der Waals surface area contributed by atoms with Gasteiger partial charge in [0.25, 0.3) is 5.69 Å². The summed E-state index contributed by atoms with van der Waals surface area (Å²) in [5, 5.41) is 20.5. The van der Waals surface area contributed by atoms with E-state index >= 15 is 0 Å². The molecule has 5 nitrogen and oxygen atoms in total. The highest BCUT2D eigenvalue weighted by molar-refractivity contribution is 6.50. The van der Waals surface area contributed by atoms with E-state index in [0.29, 0.717) is 16.5 Å². The zero-order valence-electron chi connectivity index (χ0n) is 10.7. The number of non-ortho nitro benzene ring substituents is 1. The molecule has 0 saturated heterocycles. The molecule has 0 radical (unpaired) electrons. The molecule has 0 bridgehead atoms. The van der Waals surface area contributed by atoms with Gasteiger partial charge in [-0.3, -0.25) is 10.1 Å². The van der Waals surface area contributed by atoms with E-state index in [1.165, 1.54) is 12.1 Å². The molecule has 10 heteroatoms. The molecule has 0 aliphatic heterocycles. The quantitative estimate of drug-likeness (QED) is 0.252. The number of benzene rings is 2. The van der Waals surface area contributed by atoms with E-state index in [-0.39, 0.29) is 7.11 Å². The zero-order valence-corrected chi connectivity index (χ0v) is 9.71. The number of nitro benzene ring substituents is 1. The standard InChI is InChI=1S/C10H6N3O2.BF4/c11-12-9-5-6-10(13(14)15)8-4-2-1-3-7(8)9;2-1(3,4)5/h1-6H;/q+1;-1/p+1. The highest BCUT2D eigenvalue weighted by Gasteiger charge is 2.20. The largest absolute Gasteiger partial charge is 1.00 e. The van der Waals surface area contributed by atoms with Crippen LogP contribution in [0.2, 0.25) is 0 Å². The van der Waals surface area contributed by atoms with Crippen molar-refractivity contribution < 1.29 is 23.6 Å². The number of rotatable bonds is 1. The Bertz CT molecular complexity index is 684. The number of nitro groups is 1.